The van der Waals surface area contributed by atoms with Gasteiger partial charge in [-0.1, -0.05) is 24.3 Å². The van der Waals surface area contributed by atoms with Crippen LogP contribution in [0.1, 0.15) is 11.1 Å². The molecule has 0 heterocycles. The third-order valence-corrected chi connectivity index (χ3v) is 4.31. The zero-order valence-electron chi connectivity index (χ0n) is 14.1. The molecule has 0 saturated carbocycles. The van der Waals surface area contributed by atoms with Crippen molar-refractivity contribution in [1.82, 2.24) is 10.9 Å². The quantitative estimate of drug-likeness (QED) is 0.282. The molecule has 9 heteroatoms. The summed E-state index contributed by atoms with van der Waals surface area (Å²) in [6.07, 6.45) is 3.07. The van der Waals surface area contributed by atoms with Crippen molar-refractivity contribution < 1.29 is 14.3 Å². The Morgan fingerprint density at radius 1 is 0.852 bits per heavy atom. The summed E-state index contributed by atoms with van der Waals surface area (Å²) >= 11 is 4.38. The zero-order valence-corrected chi connectivity index (χ0v) is 18.4. The number of carbonyl (C=O) groups excluding carboxylic acids is 2. The fourth-order valence-corrected chi connectivity index (χ4v) is 2.97. The van der Waals surface area contributed by atoms with Crippen LogP contribution in [0.2, 0.25) is 0 Å². The van der Waals surface area contributed by atoms with Crippen molar-refractivity contribution in [3.05, 3.63) is 66.8 Å². The fourth-order valence-electron chi connectivity index (χ4n) is 1.83. The van der Waals surface area contributed by atoms with Crippen LogP contribution in [-0.4, -0.2) is 37.5 Å². The molecule has 0 aliphatic heterocycles. The van der Waals surface area contributed by atoms with Gasteiger partial charge in [-0.05, 0) is 80.6 Å². The van der Waals surface area contributed by atoms with Gasteiger partial charge < -0.3 is 4.74 Å². The van der Waals surface area contributed by atoms with Crippen molar-refractivity contribution in [2.45, 2.75) is 0 Å². The Labute approximate surface area is 183 Å². The first-order chi connectivity index (χ1) is 13.0. The van der Waals surface area contributed by atoms with Gasteiger partial charge in [0, 0.05) is 7.14 Å². The zero-order chi connectivity index (χ0) is 19.5. The fraction of sp³-hybridized carbons (Fsp3) is 0.111. The summed E-state index contributed by atoms with van der Waals surface area (Å²) in [4.78, 5) is 23.2. The third-order valence-electron chi connectivity index (χ3n) is 2.97. The minimum atomic E-state index is -0.452. The summed E-state index contributed by atoms with van der Waals surface area (Å²) in [5.41, 5.74) is 6.41. The number of hydrazone groups is 2. The molecule has 140 valence electrons. The van der Waals surface area contributed by atoms with Crippen LogP contribution in [0.25, 0.3) is 0 Å². The molecule has 0 aromatic heterocycles. The molecule has 2 aromatic carbocycles. The van der Waals surface area contributed by atoms with Crippen molar-refractivity contribution in [2.75, 3.05) is 13.2 Å². The van der Waals surface area contributed by atoms with E-state index in [-0.39, 0.29) is 13.2 Å². The van der Waals surface area contributed by atoms with Crippen LogP contribution in [0.4, 0.5) is 0 Å². The summed E-state index contributed by atoms with van der Waals surface area (Å²) in [6.45, 7) is -0.560. The normalized spacial score (nSPS) is 11.0. The SMILES string of the molecule is O=C(COCC(=O)N/N=C\c1cccc(I)c1)N/N=C\c1cccc(I)c1. The second kappa shape index (κ2) is 11.8. The molecule has 0 radical (unpaired) electrons. The number of amides is 2. The van der Waals surface area contributed by atoms with Gasteiger partial charge >= 0.3 is 0 Å². The van der Waals surface area contributed by atoms with E-state index in [0.29, 0.717) is 0 Å². The highest BCUT2D eigenvalue weighted by atomic mass is 127. The topological polar surface area (TPSA) is 92.2 Å². The van der Waals surface area contributed by atoms with E-state index < -0.39 is 11.8 Å². The van der Waals surface area contributed by atoms with E-state index in [0.717, 1.165) is 18.3 Å². The van der Waals surface area contributed by atoms with Crippen molar-refractivity contribution in [2.24, 2.45) is 10.2 Å². The maximum Gasteiger partial charge on any atom is 0.266 e. The monoisotopic (exact) mass is 590 g/mol. The van der Waals surface area contributed by atoms with Gasteiger partial charge in [-0.15, -0.1) is 0 Å². The molecular weight excluding hydrogens is 574 g/mol. The average Bonchev–Trinajstić information content (AvgIpc) is 2.62. The Balaban J connectivity index is 1.63. The van der Waals surface area contributed by atoms with Crippen molar-refractivity contribution in [3.63, 3.8) is 0 Å². The minimum Gasteiger partial charge on any atom is -0.362 e. The molecule has 27 heavy (non-hydrogen) atoms. The predicted molar refractivity (Wildman–Crippen MR) is 121 cm³/mol. The molecule has 0 fully saturated rings. The smallest absolute Gasteiger partial charge is 0.266 e. The van der Waals surface area contributed by atoms with E-state index in [1.165, 1.54) is 12.4 Å². The van der Waals surface area contributed by atoms with Gasteiger partial charge in [-0.25, -0.2) is 10.9 Å². The Morgan fingerprint density at radius 3 is 1.70 bits per heavy atom. The Kier molecular flexibility index (Phi) is 9.35. The molecule has 2 aromatic rings. The Hall–Kier alpha value is -1.86. The third kappa shape index (κ3) is 9.06. The van der Waals surface area contributed by atoms with Crippen LogP contribution < -0.4 is 10.9 Å². The van der Waals surface area contributed by atoms with Crippen LogP contribution >= 0.6 is 45.2 Å². The van der Waals surface area contributed by atoms with E-state index in [9.17, 15) is 9.59 Å². The highest BCUT2D eigenvalue weighted by Crippen LogP contribution is 2.06. The number of hydrogen-bond donors (Lipinski definition) is 2. The second-order valence-electron chi connectivity index (χ2n) is 5.19. The van der Waals surface area contributed by atoms with Gasteiger partial charge in [0.15, 0.2) is 0 Å². The number of nitrogens with one attached hydrogen (secondary N) is 2. The van der Waals surface area contributed by atoms with Crippen LogP contribution in [0.15, 0.2) is 58.7 Å². The molecule has 2 rings (SSSR count). The van der Waals surface area contributed by atoms with E-state index in [1.807, 2.05) is 48.5 Å². The number of ether oxygens (including phenoxy) is 1. The maximum atomic E-state index is 11.6. The second-order valence-corrected chi connectivity index (χ2v) is 7.68. The summed E-state index contributed by atoms with van der Waals surface area (Å²) in [7, 11) is 0. The molecule has 0 spiro atoms. The average molecular weight is 590 g/mol. The van der Waals surface area contributed by atoms with E-state index in [1.54, 1.807) is 0 Å². The summed E-state index contributed by atoms with van der Waals surface area (Å²) in [6, 6.07) is 15.3. The van der Waals surface area contributed by atoms with Crippen LogP contribution in [0.5, 0.6) is 0 Å². The molecule has 0 bridgehead atoms. The van der Waals surface area contributed by atoms with Crippen molar-refractivity contribution in [1.29, 1.82) is 0 Å². The Bertz CT molecular complexity index is 787. The molecule has 0 aliphatic rings. The lowest BCUT2D eigenvalue weighted by atomic mass is 10.2. The highest BCUT2D eigenvalue weighted by molar-refractivity contribution is 14.1. The van der Waals surface area contributed by atoms with Crippen LogP contribution in [0, 0.1) is 7.14 Å². The molecule has 7 nitrogen and oxygen atoms in total. The largest absolute Gasteiger partial charge is 0.362 e. The van der Waals surface area contributed by atoms with Gasteiger partial charge in [-0.3, -0.25) is 9.59 Å². The maximum absolute atomic E-state index is 11.6. The lowest BCUT2D eigenvalue weighted by Crippen LogP contribution is -2.28. The molecule has 2 amide bonds. The van der Waals surface area contributed by atoms with Crippen molar-refractivity contribution in [3.8, 4) is 0 Å². The first-order valence-corrected chi connectivity index (χ1v) is 9.91. The number of halogens is 2. The van der Waals surface area contributed by atoms with Gasteiger partial charge in [-0.2, -0.15) is 10.2 Å². The summed E-state index contributed by atoms with van der Waals surface area (Å²) in [5.74, 6) is -0.904. The Morgan fingerprint density at radius 2 is 1.30 bits per heavy atom. The lowest BCUT2D eigenvalue weighted by Gasteiger charge is -2.02. The summed E-state index contributed by atoms with van der Waals surface area (Å²) in [5, 5.41) is 7.68. The number of hydrogen-bond acceptors (Lipinski definition) is 5. The molecule has 0 unspecified atom stereocenters. The first kappa shape index (κ1) is 21.4. The first-order valence-electron chi connectivity index (χ1n) is 7.75. The number of benzene rings is 2. The van der Waals surface area contributed by atoms with E-state index in [4.69, 9.17) is 4.74 Å². The predicted octanol–water partition coefficient (Wildman–Crippen LogP) is 2.51. The van der Waals surface area contributed by atoms with Gasteiger partial charge in [0.2, 0.25) is 0 Å². The number of nitrogens with zero attached hydrogens (tertiary/aromatic N) is 2. The van der Waals surface area contributed by atoms with Crippen molar-refractivity contribution >= 4 is 69.4 Å². The molecule has 0 saturated heterocycles. The number of carbonyl (C=O) groups is 2. The van der Waals surface area contributed by atoms with Crippen LogP contribution in [-0.2, 0) is 14.3 Å². The van der Waals surface area contributed by atoms with Gasteiger partial charge in [0.25, 0.3) is 11.8 Å². The number of rotatable bonds is 8. The van der Waals surface area contributed by atoms with Gasteiger partial charge in [0.05, 0.1) is 12.4 Å². The van der Waals surface area contributed by atoms with E-state index in [2.05, 4.69) is 66.2 Å². The van der Waals surface area contributed by atoms with Crippen LogP contribution in [0.3, 0.4) is 0 Å². The molecule has 2 N–H and O–H groups in total. The van der Waals surface area contributed by atoms with Gasteiger partial charge in [0.1, 0.15) is 13.2 Å². The van der Waals surface area contributed by atoms with E-state index >= 15 is 0 Å². The molecule has 0 atom stereocenters. The minimum absolute atomic E-state index is 0.280. The highest BCUT2D eigenvalue weighted by Gasteiger charge is 2.03. The lowest BCUT2D eigenvalue weighted by molar-refractivity contribution is -0.130. The molecule has 0 aliphatic carbocycles. The molecular formula is C18H16I2N4O3. The standard InChI is InChI=1S/C18H16I2N4O3/c19-15-5-1-3-13(7-15)9-21-23-17(25)11-27-12-18(26)24-22-10-14-4-2-6-16(20)8-14/h1-10H,11-12H2,(H,23,25)(H,24,26)/b21-9-,22-10-. The summed E-state index contributed by atoms with van der Waals surface area (Å²) < 4.78 is 7.17.